The zero-order chi connectivity index (χ0) is 24.8. The Morgan fingerprint density at radius 3 is 2.71 bits per heavy atom. The number of pyridine rings is 1. The van der Waals surface area contributed by atoms with E-state index in [9.17, 15) is 9.59 Å². The molecular weight excluding hydrogens is 440 g/mol. The Balaban J connectivity index is 1.50. The third-order valence-electron chi connectivity index (χ3n) is 7.37. The minimum atomic E-state index is -0.456. The van der Waals surface area contributed by atoms with E-state index >= 15 is 0 Å². The number of likely N-dealkylation sites (tertiary alicyclic amines) is 1. The van der Waals surface area contributed by atoms with Crippen molar-refractivity contribution in [1.82, 2.24) is 15.2 Å². The van der Waals surface area contributed by atoms with Crippen molar-refractivity contribution in [3.8, 4) is 5.75 Å². The number of hydrogen-bond donors (Lipinski definition) is 2. The van der Waals surface area contributed by atoms with Gasteiger partial charge in [0.1, 0.15) is 18.2 Å². The number of fused-ring (bicyclic) bond motifs is 1. The van der Waals surface area contributed by atoms with Crippen molar-refractivity contribution in [3.63, 3.8) is 0 Å². The van der Waals surface area contributed by atoms with Crippen molar-refractivity contribution in [2.24, 2.45) is 11.3 Å². The fourth-order valence-electron chi connectivity index (χ4n) is 5.39. The van der Waals surface area contributed by atoms with Crippen LogP contribution in [0.15, 0.2) is 42.6 Å². The van der Waals surface area contributed by atoms with E-state index in [4.69, 9.17) is 10.5 Å². The quantitative estimate of drug-likeness (QED) is 0.688. The number of hydrogen-bond acceptors (Lipinski definition) is 5. The number of nitrogen functional groups attached to an aromatic ring is 1. The zero-order valence-electron chi connectivity index (χ0n) is 21.0. The highest BCUT2D eigenvalue weighted by Crippen LogP contribution is 2.38. The number of aryl methyl sites for hydroxylation is 1. The molecule has 1 fully saturated rings. The third-order valence-corrected chi connectivity index (χ3v) is 7.37. The number of piperidine rings is 1. The van der Waals surface area contributed by atoms with Crippen molar-refractivity contribution in [3.05, 3.63) is 53.7 Å². The second-order valence-electron chi connectivity index (χ2n) is 10.5. The predicted octanol–water partition coefficient (Wildman–Crippen LogP) is 4.22. The average Bonchev–Trinajstić information content (AvgIpc) is 2.84. The summed E-state index contributed by atoms with van der Waals surface area (Å²) in [6.45, 7) is 5.92. The van der Waals surface area contributed by atoms with Crippen molar-refractivity contribution >= 4 is 17.6 Å². The lowest BCUT2D eigenvalue weighted by atomic mass is 9.73. The fourth-order valence-corrected chi connectivity index (χ4v) is 5.39. The normalized spacial score (nSPS) is 20.8. The average molecular weight is 479 g/mol. The Labute approximate surface area is 208 Å². The van der Waals surface area contributed by atoms with Crippen LogP contribution < -0.4 is 15.8 Å². The molecule has 0 bridgehead atoms. The van der Waals surface area contributed by atoms with Crippen molar-refractivity contribution in [2.45, 2.75) is 64.8 Å². The van der Waals surface area contributed by atoms with Crippen LogP contribution >= 0.6 is 0 Å². The topological polar surface area (TPSA) is 97.6 Å². The first-order valence-electron chi connectivity index (χ1n) is 12.9. The number of ether oxygens (including phenoxy) is 1. The van der Waals surface area contributed by atoms with E-state index in [0.717, 1.165) is 37.9 Å². The summed E-state index contributed by atoms with van der Waals surface area (Å²) >= 11 is 0. The number of rotatable bonds is 3. The van der Waals surface area contributed by atoms with Gasteiger partial charge in [0.25, 0.3) is 5.91 Å². The molecule has 1 aromatic heterocycles. The molecule has 7 nitrogen and oxygen atoms in total. The van der Waals surface area contributed by atoms with E-state index in [1.54, 1.807) is 18.3 Å². The molecule has 35 heavy (non-hydrogen) atoms. The smallest absolute Gasteiger partial charge is 0.254 e. The number of aromatic nitrogens is 1. The number of nitrogens with one attached hydrogen (secondary N) is 1. The first-order chi connectivity index (χ1) is 16.9. The summed E-state index contributed by atoms with van der Waals surface area (Å²) in [6, 6.07) is 11.5. The SMILES string of the molecule is CC(C)C[C@H]1COc2ccccc2CCCCC2(CCN(C(=O)c3ccnc(N)c3)CC2)C(=O)N1. The molecule has 2 amide bonds. The molecule has 2 aliphatic heterocycles. The summed E-state index contributed by atoms with van der Waals surface area (Å²) in [6.07, 6.45) is 7.49. The number of carbonyl (C=O) groups excluding carboxylic acids is 2. The molecule has 2 aromatic rings. The molecule has 7 heteroatoms. The number of amides is 2. The number of nitrogens with two attached hydrogens (primary N) is 1. The summed E-state index contributed by atoms with van der Waals surface area (Å²) in [7, 11) is 0. The maximum atomic E-state index is 13.7. The number of anilines is 1. The molecule has 2 aliphatic rings. The Hall–Kier alpha value is -3.09. The Bertz CT molecular complexity index is 1030. The van der Waals surface area contributed by atoms with Gasteiger partial charge in [0.2, 0.25) is 5.91 Å². The van der Waals surface area contributed by atoms with Crippen LogP contribution in [0.3, 0.4) is 0 Å². The van der Waals surface area contributed by atoms with Gasteiger partial charge in [-0.05, 0) is 68.2 Å². The maximum Gasteiger partial charge on any atom is 0.254 e. The van der Waals surface area contributed by atoms with Gasteiger partial charge in [0.15, 0.2) is 0 Å². The molecule has 3 heterocycles. The van der Waals surface area contributed by atoms with Crippen LogP contribution in [0, 0.1) is 11.3 Å². The Morgan fingerprint density at radius 2 is 1.97 bits per heavy atom. The van der Waals surface area contributed by atoms with Gasteiger partial charge in [-0.2, -0.15) is 0 Å². The van der Waals surface area contributed by atoms with Crippen molar-refractivity contribution in [1.29, 1.82) is 0 Å². The fraction of sp³-hybridized carbons (Fsp3) is 0.536. The standard InChI is InChI=1S/C28H38N4O3/c1-20(2)17-23-19-35-24-9-4-3-7-21(24)8-5-6-11-28(27(34)31-23)12-15-32(16-13-28)26(33)22-10-14-30-25(29)18-22/h3-4,7,9-10,14,18,20,23H,5-6,8,11-13,15-17,19H2,1-2H3,(H2,29,30)(H,31,34)/t23-/m0/s1. The number of nitrogens with zero attached hydrogens (tertiary/aromatic N) is 2. The van der Waals surface area contributed by atoms with Gasteiger partial charge in [0, 0.05) is 24.8 Å². The van der Waals surface area contributed by atoms with E-state index < -0.39 is 5.41 Å². The summed E-state index contributed by atoms with van der Waals surface area (Å²) in [4.78, 5) is 32.6. The molecule has 188 valence electrons. The molecular formula is C28H38N4O3. The highest BCUT2D eigenvalue weighted by Gasteiger charge is 2.42. The number of benzene rings is 1. The molecule has 1 aromatic carbocycles. The van der Waals surface area contributed by atoms with E-state index in [1.807, 2.05) is 17.0 Å². The Morgan fingerprint density at radius 1 is 1.20 bits per heavy atom. The summed E-state index contributed by atoms with van der Waals surface area (Å²) in [5.74, 6) is 1.76. The molecule has 4 rings (SSSR count). The van der Waals surface area contributed by atoms with Gasteiger partial charge < -0.3 is 20.7 Å². The van der Waals surface area contributed by atoms with Gasteiger partial charge in [-0.3, -0.25) is 9.59 Å². The highest BCUT2D eigenvalue weighted by atomic mass is 16.5. The van der Waals surface area contributed by atoms with E-state index in [-0.39, 0.29) is 17.9 Å². The van der Waals surface area contributed by atoms with Gasteiger partial charge in [-0.15, -0.1) is 0 Å². The molecule has 0 saturated carbocycles. The van der Waals surface area contributed by atoms with Crippen LogP contribution in [0.4, 0.5) is 5.82 Å². The number of para-hydroxylation sites is 1. The third kappa shape index (κ3) is 6.13. The minimum absolute atomic E-state index is 0.0497. The van der Waals surface area contributed by atoms with Gasteiger partial charge in [-0.1, -0.05) is 38.5 Å². The lowest BCUT2D eigenvalue weighted by molar-refractivity contribution is -0.135. The van der Waals surface area contributed by atoms with Crippen LogP contribution in [-0.4, -0.2) is 47.4 Å². The summed E-state index contributed by atoms with van der Waals surface area (Å²) in [5, 5.41) is 3.35. The summed E-state index contributed by atoms with van der Waals surface area (Å²) in [5.41, 5.74) is 7.09. The van der Waals surface area contributed by atoms with Crippen LogP contribution in [-0.2, 0) is 11.2 Å². The van der Waals surface area contributed by atoms with Crippen LogP contribution in [0.1, 0.15) is 68.3 Å². The second kappa shape index (κ2) is 11.1. The van der Waals surface area contributed by atoms with Gasteiger partial charge in [0.05, 0.1) is 11.5 Å². The molecule has 0 radical (unpaired) electrons. The molecule has 1 atom stereocenters. The molecule has 1 spiro atoms. The first-order valence-corrected chi connectivity index (χ1v) is 12.9. The van der Waals surface area contributed by atoms with Crippen LogP contribution in [0.5, 0.6) is 5.75 Å². The molecule has 1 saturated heterocycles. The number of carbonyl (C=O) groups is 2. The van der Waals surface area contributed by atoms with Crippen molar-refractivity contribution in [2.75, 3.05) is 25.4 Å². The van der Waals surface area contributed by atoms with Crippen molar-refractivity contribution < 1.29 is 14.3 Å². The van der Waals surface area contributed by atoms with Crippen LogP contribution in [0.25, 0.3) is 0 Å². The lowest BCUT2D eigenvalue weighted by Crippen LogP contribution is -2.53. The Kier molecular flexibility index (Phi) is 7.93. The lowest BCUT2D eigenvalue weighted by Gasteiger charge is -2.42. The first kappa shape index (κ1) is 25.0. The van der Waals surface area contributed by atoms with E-state index in [2.05, 4.69) is 36.3 Å². The maximum absolute atomic E-state index is 13.7. The zero-order valence-corrected chi connectivity index (χ0v) is 21.0. The molecule has 3 N–H and O–H groups in total. The second-order valence-corrected chi connectivity index (χ2v) is 10.5. The van der Waals surface area contributed by atoms with E-state index in [1.165, 1.54) is 5.56 Å². The van der Waals surface area contributed by atoms with E-state index in [0.29, 0.717) is 49.8 Å². The highest BCUT2D eigenvalue weighted by molar-refractivity contribution is 5.95. The van der Waals surface area contributed by atoms with Crippen LogP contribution in [0.2, 0.25) is 0 Å². The minimum Gasteiger partial charge on any atom is -0.491 e. The largest absolute Gasteiger partial charge is 0.491 e. The molecule has 0 unspecified atom stereocenters. The molecule has 0 aliphatic carbocycles. The summed E-state index contributed by atoms with van der Waals surface area (Å²) < 4.78 is 6.22. The van der Waals surface area contributed by atoms with Gasteiger partial charge in [-0.25, -0.2) is 4.98 Å². The predicted molar refractivity (Wildman–Crippen MR) is 137 cm³/mol. The van der Waals surface area contributed by atoms with Gasteiger partial charge >= 0.3 is 0 Å². The monoisotopic (exact) mass is 478 g/mol.